The molecule has 0 radical (unpaired) electrons. The van der Waals surface area contributed by atoms with Gasteiger partial charge in [0.15, 0.2) is 5.69 Å². The summed E-state index contributed by atoms with van der Waals surface area (Å²) in [5.74, 6) is 0.770. The van der Waals surface area contributed by atoms with Gasteiger partial charge in [0.25, 0.3) is 5.89 Å². The number of rotatable bonds is 6. The number of carbonyl (C=O) groups is 1. The van der Waals surface area contributed by atoms with E-state index >= 15 is 0 Å². The van der Waals surface area contributed by atoms with Crippen LogP contribution in [0.1, 0.15) is 43.2 Å². The Bertz CT molecular complexity index is 1150. The molecule has 1 aromatic carbocycles. The van der Waals surface area contributed by atoms with E-state index in [2.05, 4.69) is 50.5 Å². The Balaban J connectivity index is 1.46. The molecule has 33 heavy (non-hydrogen) atoms. The number of aliphatic carboxylic acids is 1. The van der Waals surface area contributed by atoms with Crippen LogP contribution in [0.5, 0.6) is 0 Å². The second kappa shape index (κ2) is 9.44. The van der Waals surface area contributed by atoms with E-state index in [0.717, 1.165) is 55.5 Å². The fourth-order valence-electron chi connectivity index (χ4n) is 4.89. The van der Waals surface area contributed by atoms with Crippen molar-refractivity contribution in [3.8, 4) is 11.6 Å². The van der Waals surface area contributed by atoms with E-state index in [9.17, 15) is 4.79 Å². The summed E-state index contributed by atoms with van der Waals surface area (Å²) in [4.78, 5) is 13.0. The number of aromatic nitrogens is 4. The molecule has 2 aliphatic rings. The Morgan fingerprint density at radius 3 is 2.70 bits per heavy atom. The Morgan fingerprint density at radius 2 is 2.00 bits per heavy atom. The molecule has 9 nitrogen and oxygen atoms in total. The smallest absolute Gasteiger partial charge is 0.317 e. The largest absolute Gasteiger partial charge is 0.480 e. The molecule has 174 valence electrons. The van der Waals surface area contributed by atoms with Gasteiger partial charge in [-0.05, 0) is 62.4 Å². The zero-order valence-electron chi connectivity index (χ0n) is 18.9. The summed E-state index contributed by atoms with van der Waals surface area (Å²) in [7, 11) is 0. The number of piperidine rings is 2. The predicted molar refractivity (Wildman–Crippen MR) is 125 cm³/mol. The van der Waals surface area contributed by atoms with Crippen LogP contribution in [0.2, 0.25) is 0 Å². The summed E-state index contributed by atoms with van der Waals surface area (Å²) in [6.07, 6.45) is 8.57. The molecule has 2 N–H and O–H groups in total. The van der Waals surface area contributed by atoms with Crippen molar-refractivity contribution in [1.29, 1.82) is 0 Å². The molecular formula is C24H30N6O3. The molecule has 2 aromatic heterocycles. The molecule has 2 aliphatic heterocycles. The summed E-state index contributed by atoms with van der Waals surface area (Å²) in [5, 5.41) is 26.6. The molecule has 0 unspecified atom stereocenters. The van der Waals surface area contributed by atoms with E-state index in [1.807, 2.05) is 4.90 Å². The van der Waals surface area contributed by atoms with Crippen LogP contribution in [0.25, 0.3) is 28.6 Å². The highest BCUT2D eigenvalue weighted by Crippen LogP contribution is 2.33. The molecule has 2 fully saturated rings. The van der Waals surface area contributed by atoms with Crippen molar-refractivity contribution in [3.05, 3.63) is 35.7 Å². The highest BCUT2D eigenvalue weighted by atomic mass is 16.4. The number of nitrogens with zero attached hydrogens (tertiary/aromatic N) is 5. The molecule has 3 aromatic rings. The van der Waals surface area contributed by atoms with Gasteiger partial charge in [0, 0.05) is 25.4 Å². The van der Waals surface area contributed by atoms with Gasteiger partial charge in [0.2, 0.25) is 5.89 Å². The van der Waals surface area contributed by atoms with E-state index in [0.29, 0.717) is 23.4 Å². The summed E-state index contributed by atoms with van der Waals surface area (Å²) in [5.41, 5.74) is 2.88. The quantitative estimate of drug-likeness (QED) is 0.590. The van der Waals surface area contributed by atoms with E-state index in [4.69, 9.17) is 14.6 Å². The van der Waals surface area contributed by atoms with Crippen molar-refractivity contribution < 1.29 is 14.3 Å². The van der Waals surface area contributed by atoms with Crippen LogP contribution >= 0.6 is 0 Å². The maximum absolute atomic E-state index is 11.1. The average molecular weight is 451 g/mol. The molecular weight excluding hydrogens is 420 g/mol. The van der Waals surface area contributed by atoms with E-state index in [1.165, 1.54) is 12.8 Å². The van der Waals surface area contributed by atoms with Crippen LogP contribution in [0, 0.1) is 12.8 Å². The van der Waals surface area contributed by atoms with Crippen molar-refractivity contribution in [3.63, 3.8) is 0 Å². The Kier molecular flexibility index (Phi) is 6.24. The lowest BCUT2D eigenvalue weighted by Crippen LogP contribution is -2.38. The van der Waals surface area contributed by atoms with Crippen molar-refractivity contribution >= 4 is 22.9 Å². The van der Waals surface area contributed by atoms with Crippen molar-refractivity contribution in [1.82, 2.24) is 30.2 Å². The average Bonchev–Trinajstić information content (AvgIpc) is 3.42. The lowest BCUT2D eigenvalue weighted by atomic mass is 9.96. The number of fused-ring (bicyclic) bond motifs is 1. The van der Waals surface area contributed by atoms with Gasteiger partial charge in [-0.3, -0.25) is 14.4 Å². The Labute approximate surface area is 192 Å². The minimum atomic E-state index is -0.780. The standard InChI is InChI=1S/C24H30N6O3/c1-16-26-27-24(33-16)23-20-14-18(3-2-17-6-10-25-11-7-17)4-5-21(20)30(28-23)19-8-12-29(13-9-19)15-22(31)32/h2-5,14,17,19,25H,6-13,15H2,1H3,(H,31,32). The monoisotopic (exact) mass is 450 g/mol. The first kappa shape index (κ1) is 21.8. The zero-order valence-corrected chi connectivity index (χ0v) is 18.9. The van der Waals surface area contributed by atoms with Gasteiger partial charge in [-0.2, -0.15) is 5.10 Å². The molecule has 0 saturated carbocycles. The highest BCUT2D eigenvalue weighted by molar-refractivity contribution is 5.93. The topological polar surface area (TPSA) is 109 Å². The van der Waals surface area contributed by atoms with Crippen LogP contribution in [0.3, 0.4) is 0 Å². The van der Waals surface area contributed by atoms with Gasteiger partial charge in [-0.1, -0.05) is 18.2 Å². The zero-order chi connectivity index (χ0) is 22.8. The van der Waals surface area contributed by atoms with E-state index in [-0.39, 0.29) is 12.6 Å². The first-order valence-corrected chi connectivity index (χ1v) is 11.7. The maximum Gasteiger partial charge on any atom is 0.317 e. The number of benzene rings is 1. The number of aryl methyl sites for hydroxylation is 1. The van der Waals surface area contributed by atoms with Crippen LogP contribution in [0.4, 0.5) is 0 Å². The molecule has 0 spiro atoms. The maximum atomic E-state index is 11.1. The van der Waals surface area contributed by atoms with Gasteiger partial charge >= 0.3 is 5.97 Å². The van der Waals surface area contributed by atoms with Gasteiger partial charge in [0.1, 0.15) is 0 Å². The molecule has 0 atom stereocenters. The Hall–Kier alpha value is -3.04. The number of carboxylic acid groups (broad SMARTS) is 1. The first-order valence-electron chi connectivity index (χ1n) is 11.7. The highest BCUT2D eigenvalue weighted by Gasteiger charge is 2.26. The van der Waals surface area contributed by atoms with Crippen molar-refractivity contribution in [2.24, 2.45) is 5.92 Å². The summed E-state index contributed by atoms with van der Waals surface area (Å²) < 4.78 is 7.81. The first-order chi connectivity index (χ1) is 16.1. The lowest BCUT2D eigenvalue weighted by Gasteiger charge is -2.31. The fraction of sp³-hybridized carbons (Fsp3) is 0.500. The molecule has 0 aliphatic carbocycles. The van der Waals surface area contributed by atoms with Crippen molar-refractivity contribution in [2.75, 3.05) is 32.7 Å². The van der Waals surface area contributed by atoms with Crippen molar-refractivity contribution in [2.45, 2.75) is 38.6 Å². The molecule has 2 saturated heterocycles. The number of hydrogen-bond donors (Lipinski definition) is 2. The third-order valence-electron chi connectivity index (χ3n) is 6.67. The normalized spacial score (nSPS) is 19.1. The van der Waals surface area contributed by atoms with Crippen LogP contribution in [0.15, 0.2) is 28.7 Å². The second-order valence-corrected chi connectivity index (χ2v) is 9.04. The van der Waals surface area contributed by atoms with Crippen LogP contribution in [-0.2, 0) is 4.79 Å². The number of likely N-dealkylation sites (tertiary alicyclic amines) is 1. The molecule has 4 heterocycles. The van der Waals surface area contributed by atoms with Gasteiger partial charge in [0.05, 0.1) is 18.1 Å². The predicted octanol–water partition coefficient (Wildman–Crippen LogP) is 3.13. The van der Waals surface area contributed by atoms with Gasteiger partial charge in [-0.25, -0.2) is 0 Å². The van der Waals surface area contributed by atoms with Gasteiger partial charge in [-0.15, -0.1) is 10.2 Å². The Morgan fingerprint density at radius 1 is 1.21 bits per heavy atom. The SMILES string of the molecule is Cc1nnc(-c2nn(C3CCN(CC(=O)O)CC3)c3ccc(C=CC4CCNCC4)cc23)o1. The van der Waals surface area contributed by atoms with Crippen LogP contribution < -0.4 is 5.32 Å². The molecule has 9 heteroatoms. The molecule has 0 amide bonds. The minimum absolute atomic E-state index is 0.0891. The summed E-state index contributed by atoms with van der Waals surface area (Å²) in [6.45, 7) is 5.50. The number of carboxylic acids is 1. The third kappa shape index (κ3) is 4.84. The van der Waals surface area contributed by atoms with E-state index in [1.54, 1.807) is 6.92 Å². The van der Waals surface area contributed by atoms with Crippen LogP contribution in [-0.4, -0.2) is 68.7 Å². The molecule has 0 bridgehead atoms. The lowest BCUT2D eigenvalue weighted by molar-refractivity contribution is -0.138. The number of allylic oxidation sites excluding steroid dienone is 1. The molecule has 5 rings (SSSR count). The fourth-order valence-corrected chi connectivity index (χ4v) is 4.89. The number of nitrogens with one attached hydrogen (secondary N) is 1. The second-order valence-electron chi connectivity index (χ2n) is 9.04. The third-order valence-corrected chi connectivity index (χ3v) is 6.67. The summed E-state index contributed by atoms with van der Waals surface area (Å²) in [6, 6.07) is 6.62. The summed E-state index contributed by atoms with van der Waals surface area (Å²) >= 11 is 0. The van der Waals surface area contributed by atoms with Gasteiger partial charge < -0.3 is 14.8 Å². The number of hydrogen-bond acceptors (Lipinski definition) is 7. The minimum Gasteiger partial charge on any atom is -0.480 e. The van der Waals surface area contributed by atoms with E-state index < -0.39 is 5.97 Å².